The Bertz CT molecular complexity index is 182. The van der Waals surface area contributed by atoms with E-state index < -0.39 is 0 Å². The predicted molar refractivity (Wildman–Crippen MR) is 62.8 cm³/mol. The average molecular weight is 213 g/mol. The van der Waals surface area contributed by atoms with Gasteiger partial charge in [0.25, 0.3) is 0 Å². The number of ether oxygens (including phenoxy) is 2. The highest BCUT2D eigenvalue weighted by atomic mass is 16.5. The minimum atomic E-state index is 0.421. The monoisotopic (exact) mass is 213 g/mol. The summed E-state index contributed by atoms with van der Waals surface area (Å²) in [4.78, 5) is 0. The minimum absolute atomic E-state index is 0.421. The molecule has 0 unspecified atom stereocenters. The number of likely N-dealkylation sites (N-methyl/N-ethyl adjacent to an activating group) is 1. The van der Waals surface area contributed by atoms with Crippen LogP contribution in [0, 0.1) is 17.8 Å². The average Bonchev–Trinajstić information content (AvgIpc) is 2.20. The van der Waals surface area contributed by atoms with Crippen LogP contribution in [0.1, 0.15) is 20.8 Å². The van der Waals surface area contributed by atoms with E-state index in [2.05, 4.69) is 37.9 Å². The quantitative estimate of drug-likeness (QED) is 0.487. The van der Waals surface area contributed by atoms with Crippen LogP contribution in [0.25, 0.3) is 0 Å². The second kappa shape index (κ2) is 11.5. The summed E-state index contributed by atoms with van der Waals surface area (Å²) in [6, 6.07) is 0. The summed E-state index contributed by atoms with van der Waals surface area (Å²) in [5, 5.41) is 3.18. The van der Waals surface area contributed by atoms with Crippen molar-refractivity contribution in [2.75, 3.05) is 39.5 Å². The normalized spacial score (nSPS) is 10.1. The van der Waals surface area contributed by atoms with E-state index in [1.807, 2.05) is 0 Å². The molecule has 0 fully saturated rings. The molecule has 1 N–H and O–H groups in total. The molecule has 0 bridgehead atoms. The van der Waals surface area contributed by atoms with Gasteiger partial charge in [0.15, 0.2) is 0 Å². The van der Waals surface area contributed by atoms with Crippen LogP contribution in [-0.4, -0.2) is 39.5 Å². The molecule has 0 aliphatic carbocycles. The van der Waals surface area contributed by atoms with Crippen LogP contribution in [0.4, 0.5) is 0 Å². The highest BCUT2D eigenvalue weighted by Gasteiger charge is 1.88. The molecule has 0 aliphatic heterocycles. The molecular weight excluding hydrogens is 190 g/mol. The fourth-order valence-electron chi connectivity index (χ4n) is 0.910. The minimum Gasteiger partial charge on any atom is -0.378 e. The highest BCUT2D eigenvalue weighted by molar-refractivity contribution is 5.01. The van der Waals surface area contributed by atoms with Gasteiger partial charge in [-0.05, 0) is 6.54 Å². The number of hydrogen-bond donors (Lipinski definition) is 1. The Morgan fingerprint density at radius 1 is 1.13 bits per heavy atom. The first-order chi connectivity index (χ1) is 7.27. The SMILES string of the molecule is CCNCCOCCOCC#CC(C)C. The van der Waals surface area contributed by atoms with Crippen LogP contribution in [0.15, 0.2) is 0 Å². The molecule has 0 aliphatic rings. The first-order valence-corrected chi connectivity index (χ1v) is 5.62. The van der Waals surface area contributed by atoms with Crippen molar-refractivity contribution in [3.63, 3.8) is 0 Å². The third kappa shape index (κ3) is 13.4. The molecule has 0 spiro atoms. The Morgan fingerprint density at radius 3 is 2.53 bits per heavy atom. The van der Waals surface area contributed by atoms with Gasteiger partial charge in [0.05, 0.1) is 19.8 Å². The largest absolute Gasteiger partial charge is 0.378 e. The Morgan fingerprint density at radius 2 is 1.87 bits per heavy atom. The van der Waals surface area contributed by atoms with Crippen molar-refractivity contribution in [2.24, 2.45) is 5.92 Å². The summed E-state index contributed by atoms with van der Waals surface area (Å²) < 4.78 is 10.6. The lowest BCUT2D eigenvalue weighted by molar-refractivity contribution is 0.0615. The van der Waals surface area contributed by atoms with E-state index in [1.165, 1.54) is 0 Å². The number of rotatable bonds is 8. The van der Waals surface area contributed by atoms with E-state index in [0.29, 0.717) is 25.7 Å². The molecule has 3 nitrogen and oxygen atoms in total. The third-order valence-corrected chi connectivity index (χ3v) is 1.61. The second-order valence-corrected chi connectivity index (χ2v) is 3.49. The first kappa shape index (κ1) is 14.4. The lowest BCUT2D eigenvalue weighted by atomic mass is 10.2. The fourth-order valence-corrected chi connectivity index (χ4v) is 0.910. The smallest absolute Gasteiger partial charge is 0.107 e. The van der Waals surface area contributed by atoms with Crippen molar-refractivity contribution in [3.8, 4) is 11.8 Å². The summed E-state index contributed by atoms with van der Waals surface area (Å²) in [6.07, 6.45) is 0. The van der Waals surface area contributed by atoms with Crippen LogP contribution in [0.5, 0.6) is 0 Å². The van der Waals surface area contributed by atoms with Gasteiger partial charge in [-0.25, -0.2) is 0 Å². The molecule has 0 aromatic carbocycles. The maximum Gasteiger partial charge on any atom is 0.107 e. The summed E-state index contributed by atoms with van der Waals surface area (Å²) in [7, 11) is 0. The van der Waals surface area contributed by atoms with Crippen LogP contribution >= 0.6 is 0 Å². The van der Waals surface area contributed by atoms with Crippen molar-refractivity contribution in [3.05, 3.63) is 0 Å². The van der Waals surface area contributed by atoms with E-state index in [4.69, 9.17) is 9.47 Å². The van der Waals surface area contributed by atoms with Gasteiger partial charge in [0, 0.05) is 12.5 Å². The molecule has 0 atom stereocenters. The molecule has 0 rings (SSSR count). The Hall–Kier alpha value is -0.560. The van der Waals surface area contributed by atoms with Crippen molar-refractivity contribution < 1.29 is 9.47 Å². The molecule has 0 amide bonds. The summed E-state index contributed by atoms with van der Waals surface area (Å²) in [6.45, 7) is 10.6. The zero-order chi connectivity index (χ0) is 11.4. The molecule has 0 aromatic rings. The second-order valence-electron chi connectivity index (χ2n) is 3.49. The van der Waals surface area contributed by atoms with Crippen molar-refractivity contribution in [1.29, 1.82) is 0 Å². The lowest BCUT2D eigenvalue weighted by Crippen LogP contribution is -2.20. The van der Waals surface area contributed by atoms with Crippen molar-refractivity contribution in [2.45, 2.75) is 20.8 Å². The van der Waals surface area contributed by atoms with Crippen LogP contribution < -0.4 is 5.32 Å². The van der Waals surface area contributed by atoms with E-state index >= 15 is 0 Å². The highest BCUT2D eigenvalue weighted by Crippen LogP contribution is 1.85. The van der Waals surface area contributed by atoms with E-state index in [-0.39, 0.29) is 0 Å². The standard InChI is InChI=1S/C12H23NO2/c1-4-13-7-9-15-11-10-14-8-5-6-12(2)3/h12-13H,4,7-11H2,1-3H3. The maximum absolute atomic E-state index is 5.33. The maximum atomic E-state index is 5.33. The fraction of sp³-hybridized carbons (Fsp3) is 0.833. The van der Waals surface area contributed by atoms with Gasteiger partial charge in [0.2, 0.25) is 0 Å². The summed E-state index contributed by atoms with van der Waals surface area (Å²) >= 11 is 0. The summed E-state index contributed by atoms with van der Waals surface area (Å²) in [5.74, 6) is 6.42. The van der Waals surface area contributed by atoms with Gasteiger partial charge in [0.1, 0.15) is 6.61 Å². The van der Waals surface area contributed by atoms with Crippen LogP contribution in [-0.2, 0) is 9.47 Å². The van der Waals surface area contributed by atoms with Gasteiger partial charge in [-0.2, -0.15) is 0 Å². The van der Waals surface area contributed by atoms with E-state index in [9.17, 15) is 0 Å². The number of hydrogen-bond acceptors (Lipinski definition) is 3. The van der Waals surface area contributed by atoms with E-state index in [1.54, 1.807) is 0 Å². The molecule has 0 saturated heterocycles. The van der Waals surface area contributed by atoms with Gasteiger partial charge >= 0.3 is 0 Å². The molecule has 15 heavy (non-hydrogen) atoms. The molecule has 88 valence electrons. The molecular formula is C12H23NO2. The van der Waals surface area contributed by atoms with Gasteiger partial charge in [-0.15, -0.1) is 0 Å². The number of nitrogens with one attached hydrogen (secondary N) is 1. The summed E-state index contributed by atoms with van der Waals surface area (Å²) in [5.41, 5.74) is 0. The topological polar surface area (TPSA) is 30.5 Å². The predicted octanol–water partition coefficient (Wildman–Crippen LogP) is 1.29. The Balaban J connectivity index is 3.03. The van der Waals surface area contributed by atoms with Gasteiger partial charge in [-0.1, -0.05) is 32.6 Å². The molecule has 0 radical (unpaired) electrons. The Labute approximate surface area is 93.5 Å². The Kier molecular flexibility index (Phi) is 11.1. The zero-order valence-electron chi connectivity index (χ0n) is 10.1. The molecule has 0 aromatic heterocycles. The van der Waals surface area contributed by atoms with Crippen molar-refractivity contribution >= 4 is 0 Å². The van der Waals surface area contributed by atoms with Crippen LogP contribution in [0.3, 0.4) is 0 Å². The van der Waals surface area contributed by atoms with E-state index in [0.717, 1.165) is 19.7 Å². The third-order valence-electron chi connectivity index (χ3n) is 1.61. The lowest BCUT2D eigenvalue weighted by Gasteiger charge is -2.03. The van der Waals surface area contributed by atoms with Crippen molar-refractivity contribution in [1.82, 2.24) is 5.32 Å². The molecule has 0 saturated carbocycles. The van der Waals surface area contributed by atoms with Gasteiger partial charge < -0.3 is 14.8 Å². The van der Waals surface area contributed by atoms with Gasteiger partial charge in [-0.3, -0.25) is 0 Å². The molecule has 0 heterocycles. The first-order valence-electron chi connectivity index (χ1n) is 5.62. The molecule has 3 heteroatoms. The zero-order valence-corrected chi connectivity index (χ0v) is 10.1. The van der Waals surface area contributed by atoms with Crippen LogP contribution in [0.2, 0.25) is 0 Å².